The fraction of sp³-hybridized carbons (Fsp3) is 0. The molecule has 0 atom stereocenters. The summed E-state index contributed by atoms with van der Waals surface area (Å²) >= 11 is 0. The predicted molar refractivity (Wildman–Crippen MR) is 22.4 cm³/mol. The molecular weight excluding hydrogens is 188 g/mol. The van der Waals surface area contributed by atoms with Crippen molar-refractivity contribution in [2.75, 3.05) is 0 Å². The minimum Gasteiger partial charge on any atom is 0 e. The molecule has 0 aliphatic carbocycles. The Kier molecular flexibility index (Phi) is 14.3. The molecule has 0 bridgehead atoms. The van der Waals surface area contributed by atoms with Crippen LogP contribution >= 0.6 is 0 Å². The quantitative estimate of drug-likeness (QED) is 0.361. The molecule has 0 aromatic rings. The summed E-state index contributed by atoms with van der Waals surface area (Å²) in [7, 11) is 0. The second kappa shape index (κ2) is 7.28. The SMILES string of the molecule is O=C(O)C(=O)O.[LiH].[Nb]. The van der Waals surface area contributed by atoms with Gasteiger partial charge >= 0.3 is 30.8 Å². The van der Waals surface area contributed by atoms with Gasteiger partial charge < -0.3 is 10.2 Å². The molecule has 41 valence electrons. The van der Waals surface area contributed by atoms with Gasteiger partial charge in [0.15, 0.2) is 0 Å². The van der Waals surface area contributed by atoms with Gasteiger partial charge in [-0.25, -0.2) is 9.59 Å². The van der Waals surface area contributed by atoms with Crippen LogP contribution in [0.2, 0.25) is 0 Å². The topological polar surface area (TPSA) is 74.6 Å². The van der Waals surface area contributed by atoms with Crippen LogP contribution in [0.3, 0.4) is 0 Å². The van der Waals surface area contributed by atoms with Crippen LogP contribution < -0.4 is 0 Å². The van der Waals surface area contributed by atoms with Crippen LogP contribution in [0, 0.1) is 0 Å². The Morgan fingerprint density at radius 3 is 1.12 bits per heavy atom. The van der Waals surface area contributed by atoms with Gasteiger partial charge in [0.05, 0.1) is 0 Å². The van der Waals surface area contributed by atoms with Crippen molar-refractivity contribution in [3.63, 3.8) is 0 Å². The van der Waals surface area contributed by atoms with Crippen LogP contribution in [0.1, 0.15) is 0 Å². The van der Waals surface area contributed by atoms with E-state index >= 15 is 0 Å². The van der Waals surface area contributed by atoms with Gasteiger partial charge in [0.25, 0.3) is 0 Å². The van der Waals surface area contributed by atoms with Crippen molar-refractivity contribution in [1.29, 1.82) is 0 Å². The second-order valence-corrected chi connectivity index (χ2v) is 0.610. The third-order valence-corrected chi connectivity index (χ3v) is 0.183. The van der Waals surface area contributed by atoms with Gasteiger partial charge in [-0.15, -0.1) is 0 Å². The number of rotatable bonds is 0. The predicted octanol–water partition coefficient (Wildman–Crippen LogP) is -1.50. The third-order valence-electron chi connectivity index (χ3n) is 0.183. The summed E-state index contributed by atoms with van der Waals surface area (Å²) in [5.74, 6) is -3.65. The van der Waals surface area contributed by atoms with E-state index in [-0.39, 0.29) is 41.2 Å². The Labute approximate surface area is 72.9 Å². The van der Waals surface area contributed by atoms with Crippen molar-refractivity contribution < 1.29 is 42.2 Å². The van der Waals surface area contributed by atoms with Crippen LogP contribution in [-0.4, -0.2) is 41.0 Å². The summed E-state index contributed by atoms with van der Waals surface area (Å²) in [4.78, 5) is 18.2. The first-order valence-electron chi connectivity index (χ1n) is 1.11. The van der Waals surface area contributed by atoms with E-state index in [9.17, 15) is 0 Å². The van der Waals surface area contributed by atoms with E-state index in [2.05, 4.69) is 0 Å². The number of hydrogen-bond donors (Lipinski definition) is 2. The molecule has 8 heavy (non-hydrogen) atoms. The van der Waals surface area contributed by atoms with Gasteiger partial charge in [-0.2, -0.15) is 0 Å². The minimum atomic E-state index is -1.82. The van der Waals surface area contributed by atoms with E-state index in [1.165, 1.54) is 0 Å². The van der Waals surface area contributed by atoms with Crippen LogP contribution in [0.15, 0.2) is 0 Å². The van der Waals surface area contributed by atoms with E-state index in [0.29, 0.717) is 0 Å². The van der Waals surface area contributed by atoms with E-state index < -0.39 is 11.9 Å². The molecule has 0 aromatic heterocycles. The fourth-order valence-electron chi connectivity index (χ4n) is 0. The summed E-state index contributed by atoms with van der Waals surface area (Å²) in [6.45, 7) is 0. The number of aliphatic carboxylic acids is 2. The Bertz CT molecular complexity index is 80.0. The van der Waals surface area contributed by atoms with Crippen molar-refractivity contribution in [3.8, 4) is 0 Å². The first-order valence-corrected chi connectivity index (χ1v) is 1.11. The van der Waals surface area contributed by atoms with E-state index in [1.54, 1.807) is 0 Å². The summed E-state index contributed by atoms with van der Waals surface area (Å²) in [5, 5.41) is 14.8. The average molecular weight is 191 g/mol. The zero-order valence-corrected chi connectivity index (χ0v) is 5.36. The van der Waals surface area contributed by atoms with Crippen LogP contribution in [0.25, 0.3) is 0 Å². The van der Waals surface area contributed by atoms with Gasteiger partial charge in [-0.05, 0) is 0 Å². The summed E-state index contributed by atoms with van der Waals surface area (Å²) in [6, 6.07) is 0. The molecule has 4 nitrogen and oxygen atoms in total. The normalized spacial score (nSPS) is 5.50. The van der Waals surface area contributed by atoms with E-state index in [4.69, 9.17) is 19.8 Å². The molecule has 1 radical (unpaired) electrons. The third kappa shape index (κ3) is 9.56. The Morgan fingerprint density at radius 1 is 1.00 bits per heavy atom. The molecule has 0 aromatic carbocycles. The van der Waals surface area contributed by atoms with Crippen LogP contribution in [0.4, 0.5) is 0 Å². The van der Waals surface area contributed by atoms with Gasteiger partial charge in [-0.1, -0.05) is 0 Å². The van der Waals surface area contributed by atoms with Crippen molar-refractivity contribution in [3.05, 3.63) is 0 Å². The maximum atomic E-state index is 9.10. The molecule has 0 rings (SSSR count). The smallest absolute Gasteiger partial charge is 0 e. The maximum absolute atomic E-state index is 9.10. The first-order chi connectivity index (χ1) is 2.64. The van der Waals surface area contributed by atoms with Crippen molar-refractivity contribution in [2.24, 2.45) is 0 Å². The molecule has 6 heteroatoms. The second-order valence-electron chi connectivity index (χ2n) is 0.610. The van der Waals surface area contributed by atoms with Gasteiger partial charge in [0, 0.05) is 22.4 Å². The van der Waals surface area contributed by atoms with Crippen LogP contribution in [0.5, 0.6) is 0 Å². The first kappa shape index (κ1) is 15.7. The minimum absolute atomic E-state index is 0. The fourth-order valence-corrected chi connectivity index (χ4v) is 0. The molecule has 0 heterocycles. The summed E-state index contributed by atoms with van der Waals surface area (Å²) in [6.07, 6.45) is 0. The molecule has 0 fully saturated rings. The Morgan fingerprint density at radius 2 is 1.12 bits per heavy atom. The van der Waals surface area contributed by atoms with Gasteiger partial charge in [0.1, 0.15) is 0 Å². The zero-order valence-electron chi connectivity index (χ0n) is 3.16. The molecule has 0 amide bonds. The maximum Gasteiger partial charge on any atom is 0 e. The average Bonchev–Trinajstić information content (AvgIpc) is 1.36. The van der Waals surface area contributed by atoms with Crippen molar-refractivity contribution in [1.82, 2.24) is 0 Å². The van der Waals surface area contributed by atoms with Gasteiger partial charge in [0.2, 0.25) is 0 Å². The number of hydrogen-bond acceptors (Lipinski definition) is 2. The molecule has 0 aliphatic heterocycles. The van der Waals surface area contributed by atoms with Crippen molar-refractivity contribution in [2.45, 2.75) is 0 Å². The number of carboxylic acids is 2. The molecule has 2 N–H and O–H groups in total. The number of carboxylic acid groups (broad SMARTS) is 2. The molecule has 0 saturated carbocycles. The molecule has 0 unspecified atom stereocenters. The molecule has 0 saturated heterocycles. The zero-order chi connectivity index (χ0) is 5.15. The molecule has 0 spiro atoms. The van der Waals surface area contributed by atoms with E-state index in [0.717, 1.165) is 0 Å². The Balaban J connectivity index is -0.000000125. The largest absolute Gasteiger partial charge is 0 e. The van der Waals surface area contributed by atoms with Crippen molar-refractivity contribution >= 4 is 30.8 Å². The standard InChI is InChI=1S/C2H2O4.Li.Nb.H/c3-1(4)2(5)6;;;/h(H,3,4)(H,5,6);;;. The van der Waals surface area contributed by atoms with Crippen LogP contribution in [-0.2, 0) is 32.0 Å². The molecule has 0 aliphatic rings. The summed E-state index contributed by atoms with van der Waals surface area (Å²) in [5.41, 5.74) is 0. The number of carbonyl (C=O) groups is 2. The van der Waals surface area contributed by atoms with Gasteiger partial charge in [-0.3, -0.25) is 0 Å². The van der Waals surface area contributed by atoms with E-state index in [1.807, 2.05) is 0 Å². The summed E-state index contributed by atoms with van der Waals surface area (Å²) < 4.78 is 0. The Hall–Kier alpha value is 0.278. The monoisotopic (exact) mass is 191 g/mol. The molecular formula is C2H3LiNbO4.